The van der Waals surface area contributed by atoms with E-state index in [1.54, 1.807) is 0 Å². The summed E-state index contributed by atoms with van der Waals surface area (Å²) in [5.74, 6) is 0.783. The first-order valence-corrected chi connectivity index (χ1v) is 5.92. The summed E-state index contributed by atoms with van der Waals surface area (Å²) < 4.78 is 2.17. The quantitative estimate of drug-likeness (QED) is 0.822. The van der Waals surface area contributed by atoms with Gasteiger partial charge in [0.2, 0.25) is 0 Å². The zero-order valence-corrected chi connectivity index (χ0v) is 9.95. The summed E-state index contributed by atoms with van der Waals surface area (Å²) in [4.78, 5) is 4.46. The maximum absolute atomic E-state index is 4.46. The summed E-state index contributed by atoms with van der Waals surface area (Å²) in [6.45, 7) is 5.65. The second-order valence-corrected chi connectivity index (χ2v) is 4.92. The van der Waals surface area contributed by atoms with Crippen LogP contribution >= 0.6 is 0 Å². The summed E-state index contributed by atoms with van der Waals surface area (Å²) in [7, 11) is 2.10. The molecule has 15 heavy (non-hydrogen) atoms. The molecule has 1 aromatic heterocycles. The first-order valence-electron chi connectivity index (χ1n) is 5.92. The Morgan fingerprint density at radius 3 is 3.13 bits per heavy atom. The van der Waals surface area contributed by atoms with Gasteiger partial charge in [0.1, 0.15) is 0 Å². The van der Waals surface area contributed by atoms with Gasteiger partial charge in [-0.3, -0.25) is 0 Å². The van der Waals surface area contributed by atoms with Crippen LogP contribution in [0.2, 0.25) is 0 Å². The summed E-state index contributed by atoms with van der Waals surface area (Å²) in [6, 6.07) is 0.517. The third-order valence-electron chi connectivity index (χ3n) is 3.18. The number of aryl methyl sites for hydroxylation is 1. The third kappa shape index (κ3) is 2.23. The lowest BCUT2D eigenvalue weighted by molar-refractivity contribution is 0.409. The highest BCUT2D eigenvalue weighted by molar-refractivity contribution is 5.20. The lowest BCUT2D eigenvalue weighted by Gasteiger charge is -2.25. The second kappa shape index (κ2) is 4.35. The SMILES string of the molecule is CC(C)CCC1NCCc2ncn(C)c21. The van der Waals surface area contributed by atoms with E-state index in [4.69, 9.17) is 0 Å². The van der Waals surface area contributed by atoms with E-state index in [2.05, 4.69) is 35.8 Å². The van der Waals surface area contributed by atoms with Crippen LogP contribution in [0.1, 0.15) is 44.1 Å². The maximum Gasteiger partial charge on any atom is 0.0949 e. The van der Waals surface area contributed by atoms with Gasteiger partial charge in [0.25, 0.3) is 0 Å². The Hall–Kier alpha value is -0.830. The Morgan fingerprint density at radius 2 is 2.40 bits per heavy atom. The minimum absolute atomic E-state index is 0.517. The highest BCUT2D eigenvalue weighted by atomic mass is 15.1. The number of fused-ring (bicyclic) bond motifs is 1. The van der Waals surface area contributed by atoms with Gasteiger partial charge >= 0.3 is 0 Å². The Labute approximate surface area is 91.9 Å². The molecule has 1 aliphatic heterocycles. The topological polar surface area (TPSA) is 29.9 Å². The van der Waals surface area contributed by atoms with Crippen LogP contribution in [0, 0.1) is 5.92 Å². The molecular weight excluding hydrogens is 186 g/mol. The number of nitrogens with one attached hydrogen (secondary N) is 1. The number of aromatic nitrogens is 2. The van der Waals surface area contributed by atoms with Crippen LogP contribution in [-0.2, 0) is 13.5 Å². The Bertz CT molecular complexity index is 328. The molecule has 1 aliphatic rings. The highest BCUT2D eigenvalue weighted by Crippen LogP contribution is 2.26. The summed E-state index contributed by atoms with van der Waals surface area (Å²) in [5, 5.41) is 3.60. The maximum atomic E-state index is 4.46. The molecule has 0 bridgehead atoms. The number of rotatable bonds is 3. The zero-order valence-electron chi connectivity index (χ0n) is 9.95. The Balaban J connectivity index is 2.11. The van der Waals surface area contributed by atoms with E-state index in [0.717, 1.165) is 18.9 Å². The van der Waals surface area contributed by atoms with Gasteiger partial charge in [0, 0.05) is 26.1 Å². The van der Waals surface area contributed by atoms with E-state index in [9.17, 15) is 0 Å². The van der Waals surface area contributed by atoms with Crippen LogP contribution in [0.15, 0.2) is 6.33 Å². The molecule has 0 radical (unpaired) electrons. The molecule has 0 fully saturated rings. The van der Waals surface area contributed by atoms with Crippen molar-refractivity contribution in [1.29, 1.82) is 0 Å². The van der Waals surface area contributed by atoms with Crippen molar-refractivity contribution in [2.45, 2.75) is 39.2 Å². The molecule has 0 saturated carbocycles. The summed E-state index contributed by atoms with van der Waals surface area (Å²) >= 11 is 0. The molecule has 1 N–H and O–H groups in total. The predicted octanol–water partition coefficient (Wildman–Crippen LogP) is 2.04. The fraction of sp³-hybridized carbons (Fsp3) is 0.750. The van der Waals surface area contributed by atoms with Crippen LogP contribution in [0.3, 0.4) is 0 Å². The third-order valence-corrected chi connectivity index (χ3v) is 3.18. The van der Waals surface area contributed by atoms with Crippen LogP contribution in [0.25, 0.3) is 0 Å². The molecule has 3 heteroatoms. The van der Waals surface area contributed by atoms with Crippen molar-refractivity contribution in [3.05, 3.63) is 17.7 Å². The van der Waals surface area contributed by atoms with Gasteiger partial charge in [-0.1, -0.05) is 13.8 Å². The molecule has 0 aromatic carbocycles. The standard InChI is InChI=1S/C12H21N3/c1-9(2)4-5-10-12-11(6-7-13-10)14-8-15(12)3/h8-10,13H,4-7H2,1-3H3. The molecule has 2 heterocycles. The molecule has 0 saturated heterocycles. The molecule has 1 unspecified atom stereocenters. The van der Waals surface area contributed by atoms with Crippen LogP contribution in [0.5, 0.6) is 0 Å². The average molecular weight is 207 g/mol. The van der Waals surface area contributed by atoms with Crippen LogP contribution in [0.4, 0.5) is 0 Å². The second-order valence-electron chi connectivity index (χ2n) is 4.92. The van der Waals surface area contributed by atoms with Crippen molar-refractivity contribution in [3.63, 3.8) is 0 Å². The van der Waals surface area contributed by atoms with Crippen LogP contribution < -0.4 is 5.32 Å². The molecule has 0 amide bonds. The number of hydrogen-bond donors (Lipinski definition) is 1. The molecule has 2 rings (SSSR count). The number of hydrogen-bond acceptors (Lipinski definition) is 2. The minimum Gasteiger partial charge on any atom is -0.336 e. The van der Waals surface area contributed by atoms with Gasteiger partial charge in [-0.2, -0.15) is 0 Å². The molecule has 1 atom stereocenters. The van der Waals surface area contributed by atoms with Crippen LogP contribution in [-0.4, -0.2) is 16.1 Å². The molecule has 84 valence electrons. The molecule has 0 aliphatic carbocycles. The van der Waals surface area contributed by atoms with Gasteiger partial charge in [-0.15, -0.1) is 0 Å². The fourth-order valence-corrected chi connectivity index (χ4v) is 2.33. The largest absolute Gasteiger partial charge is 0.336 e. The Kier molecular flexibility index (Phi) is 3.10. The van der Waals surface area contributed by atoms with E-state index in [1.165, 1.54) is 24.2 Å². The lowest BCUT2D eigenvalue weighted by Crippen LogP contribution is -2.31. The van der Waals surface area contributed by atoms with E-state index < -0.39 is 0 Å². The molecular formula is C12H21N3. The van der Waals surface area contributed by atoms with Gasteiger partial charge in [-0.25, -0.2) is 4.98 Å². The van der Waals surface area contributed by atoms with E-state index in [0.29, 0.717) is 6.04 Å². The average Bonchev–Trinajstić information content (AvgIpc) is 2.58. The van der Waals surface area contributed by atoms with Crippen molar-refractivity contribution < 1.29 is 0 Å². The number of imidazole rings is 1. The first kappa shape index (κ1) is 10.7. The van der Waals surface area contributed by atoms with Crippen molar-refractivity contribution >= 4 is 0 Å². The van der Waals surface area contributed by atoms with Crippen molar-refractivity contribution in [3.8, 4) is 0 Å². The monoisotopic (exact) mass is 207 g/mol. The minimum atomic E-state index is 0.517. The van der Waals surface area contributed by atoms with Crippen molar-refractivity contribution in [1.82, 2.24) is 14.9 Å². The number of nitrogens with zero attached hydrogens (tertiary/aromatic N) is 2. The molecule has 0 spiro atoms. The highest BCUT2D eigenvalue weighted by Gasteiger charge is 2.23. The van der Waals surface area contributed by atoms with Gasteiger partial charge in [0.15, 0.2) is 0 Å². The van der Waals surface area contributed by atoms with Gasteiger partial charge in [-0.05, 0) is 18.8 Å². The molecule has 1 aromatic rings. The predicted molar refractivity (Wildman–Crippen MR) is 61.7 cm³/mol. The fourth-order valence-electron chi connectivity index (χ4n) is 2.33. The van der Waals surface area contributed by atoms with E-state index >= 15 is 0 Å². The van der Waals surface area contributed by atoms with Crippen molar-refractivity contribution in [2.24, 2.45) is 13.0 Å². The van der Waals surface area contributed by atoms with Gasteiger partial charge in [0.05, 0.1) is 17.7 Å². The molecule has 3 nitrogen and oxygen atoms in total. The summed E-state index contributed by atoms with van der Waals surface area (Å²) in [6.07, 6.45) is 5.53. The normalized spacial score (nSPS) is 20.7. The Morgan fingerprint density at radius 1 is 1.60 bits per heavy atom. The van der Waals surface area contributed by atoms with E-state index in [-0.39, 0.29) is 0 Å². The smallest absolute Gasteiger partial charge is 0.0949 e. The van der Waals surface area contributed by atoms with Crippen molar-refractivity contribution in [2.75, 3.05) is 6.54 Å². The van der Waals surface area contributed by atoms with E-state index in [1.807, 2.05) is 6.33 Å². The van der Waals surface area contributed by atoms with Gasteiger partial charge < -0.3 is 9.88 Å². The lowest BCUT2D eigenvalue weighted by atomic mass is 9.97. The zero-order chi connectivity index (χ0) is 10.8. The summed E-state index contributed by atoms with van der Waals surface area (Å²) in [5.41, 5.74) is 2.70. The first-order chi connectivity index (χ1) is 7.18.